The van der Waals surface area contributed by atoms with Gasteiger partial charge in [-0.1, -0.05) is 36.4 Å². The first-order valence-corrected chi connectivity index (χ1v) is 9.66. The number of rotatable bonds is 7. The number of nitrogens with zero attached hydrogens (tertiary/aromatic N) is 1. The molecular formula is C23H27N3O3. The molecule has 0 saturated carbocycles. The number of hydrogen-bond donors (Lipinski definition) is 2. The van der Waals surface area contributed by atoms with Gasteiger partial charge in [0.15, 0.2) is 0 Å². The fraction of sp³-hybridized carbons (Fsp3) is 0.304. The number of nitrogens with one attached hydrogen (secondary N) is 2. The summed E-state index contributed by atoms with van der Waals surface area (Å²) in [5, 5.41) is 6.86. The molecule has 0 saturated heterocycles. The van der Waals surface area contributed by atoms with Crippen molar-refractivity contribution in [3.63, 3.8) is 0 Å². The molecule has 3 aromatic rings. The van der Waals surface area contributed by atoms with E-state index in [1.807, 2.05) is 69.3 Å². The molecule has 1 heterocycles. The van der Waals surface area contributed by atoms with E-state index in [4.69, 9.17) is 4.42 Å². The van der Waals surface area contributed by atoms with Crippen LogP contribution in [0, 0.1) is 13.8 Å². The number of benzene rings is 2. The van der Waals surface area contributed by atoms with E-state index in [2.05, 4.69) is 10.6 Å². The molecule has 0 aliphatic heterocycles. The summed E-state index contributed by atoms with van der Waals surface area (Å²) in [7, 11) is 1.75. The van der Waals surface area contributed by atoms with Crippen LogP contribution in [0.4, 0.5) is 5.69 Å². The standard InChI is InChI=1S/C23H27N3O3/c1-15-8-7-9-16(2)23(15)25-22(28)14-26(4)13-21(27)24-17(3)20-12-18-10-5-6-11-19(18)29-20/h5-12,17H,13-14H2,1-4H3,(H,24,27)(H,25,28)/t17-/m0/s1. The van der Waals surface area contributed by atoms with Gasteiger partial charge in [-0.15, -0.1) is 0 Å². The number of fused-ring (bicyclic) bond motifs is 1. The highest BCUT2D eigenvalue weighted by Gasteiger charge is 2.17. The first kappa shape index (κ1) is 20.6. The predicted octanol–water partition coefficient (Wildman–Crippen LogP) is 3.80. The number of likely N-dealkylation sites (N-methyl/N-ethyl adjacent to an activating group) is 1. The van der Waals surface area contributed by atoms with Crippen LogP contribution >= 0.6 is 0 Å². The lowest BCUT2D eigenvalue weighted by Crippen LogP contribution is -2.39. The second kappa shape index (κ2) is 8.92. The van der Waals surface area contributed by atoms with E-state index in [0.29, 0.717) is 5.76 Å². The maximum Gasteiger partial charge on any atom is 0.238 e. The van der Waals surface area contributed by atoms with Crippen molar-refractivity contribution < 1.29 is 14.0 Å². The average molecular weight is 393 g/mol. The summed E-state index contributed by atoms with van der Waals surface area (Å²) in [4.78, 5) is 26.4. The lowest BCUT2D eigenvalue weighted by Gasteiger charge is -2.18. The summed E-state index contributed by atoms with van der Waals surface area (Å²) in [5.41, 5.74) is 3.65. The Morgan fingerprint density at radius 3 is 2.34 bits per heavy atom. The SMILES string of the molecule is Cc1cccc(C)c1NC(=O)CN(C)CC(=O)N[C@@H](C)c1cc2ccccc2o1. The van der Waals surface area contributed by atoms with E-state index in [1.165, 1.54) is 0 Å². The highest BCUT2D eigenvalue weighted by molar-refractivity contribution is 5.94. The molecule has 152 valence electrons. The largest absolute Gasteiger partial charge is 0.459 e. The molecule has 6 nitrogen and oxygen atoms in total. The summed E-state index contributed by atoms with van der Waals surface area (Å²) in [5.74, 6) is 0.387. The molecule has 0 fully saturated rings. The first-order chi connectivity index (χ1) is 13.8. The lowest BCUT2D eigenvalue weighted by atomic mass is 10.1. The first-order valence-electron chi connectivity index (χ1n) is 9.66. The zero-order valence-electron chi connectivity index (χ0n) is 17.3. The lowest BCUT2D eigenvalue weighted by molar-refractivity contribution is -0.123. The summed E-state index contributed by atoms with van der Waals surface area (Å²) >= 11 is 0. The highest BCUT2D eigenvalue weighted by Crippen LogP contribution is 2.23. The molecule has 1 aromatic heterocycles. The number of para-hydroxylation sites is 2. The fourth-order valence-electron chi connectivity index (χ4n) is 3.31. The molecule has 2 N–H and O–H groups in total. The maximum absolute atomic E-state index is 12.4. The Kier molecular flexibility index (Phi) is 6.34. The summed E-state index contributed by atoms with van der Waals surface area (Å²) in [6.45, 7) is 6.03. The van der Waals surface area contributed by atoms with Crippen LogP contribution in [0.1, 0.15) is 29.9 Å². The molecule has 6 heteroatoms. The zero-order chi connectivity index (χ0) is 21.0. The molecule has 29 heavy (non-hydrogen) atoms. The summed E-state index contributed by atoms with van der Waals surface area (Å²) < 4.78 is 5.80. The number of carbonyl (C=O) groups excluding carboxylic acids is 2. The number of carbonyl (C=O) groups is 2. The summed E-state index contributed by atoms with van der Waals surface area (Å²) in [6, 6.07) is 15.3. The van der Waals surface area contributed by atoms with Crippen LogP contribution in [0.25, 0.3) is 11.0 Å². The van der Waals surface area contributed by atoms with Gasteiger partial charge in [0.25, 0.3) is 0 Å². The third kappa shape index (κ3) is 5.23. The van der Waals surface area contributed by atoms with E-state index < -0.39 is 0 Å². The van der Waals surface area contributed by atoms with Gasteiger partial charge in [0, 0.05) is 11.1 Å². The van der Waals surface area contributed by atoms with E-state index in [9.17, 15) is 9.59 Å². The Labute approximate surface area is 170 Å². The van der Waals surface area contributed by atoms with Gasteiger partial charge in [-0.2, -0.15) is 0 Å². The molecular weight excluding hydrogens is 366 g/mol. The van der Waals surface area contributed by atoms with Crippen molar-refractivity contribution in [2.75, 3.05) is 25.5 Å². The molecule has 3 rings (SSSR count). The number of anilines is 1. The van der Waals surface area contributed by atoms with Crippen molar-refractivity contribution in [1.82, 2.24) is 10.2 Å². The van der Waals surface area contributed by atoms with Crippen LogP contribution < -0.4 is 10.6 Å². The van der Waals surface area contributed by atoms with E-state index in [-0.39, 0.29) is 30.9 Å². The number of aryl methyl sites for hydroxylation is 2. The molecule has 0 radical (unpaired) electrons. The van der Waals surface area contributed by atoms with Crippen molar-refractivity contribution in [3.05, 3.63) is 65.4 Å². The Hall–Kier alpha value is -3.12. The van der Waals surface area contributed by atoms with Crippen LogP contribution in [0.2, 0.25) is 0 Å². The normalized spacial score (nSPS) is 12.2. The smallest absolute Gasteiger partial charge is 0.238 e. The molecule has 0 spiro atoms. The average Bonchev–Trinajstić information content (AvgIpc) is 3.09. The van der Waals surface area contributed by atoms with Crippen LogP contribution in [0.15, 0.2) is 52.9 Å². The van der Waals surface area contributed by atoms with Crippen molar-refractivity contribution in [2.45, 2.75) is 26.8 Å². The molecule has 1 atom stereocenters. The second-order valence-electron chi connectivity index (χ2n) is 7.46. The van der Waals surface area contributed by atoms with Gasteiger partial charge in [0.2, 0.25) is 11.8 Å². The second-order valence-corrected chi connectivity index (χ2v) is 7.46. The number of furan rings is 1. The highest BCUT2D eigenvalue weighted by atomic mass is 16.3. The fourth-order valence-corrected chi connectivity index (χ4v) is 3.31. The van der Waals surface area contributed by atoms with Crippen molar-refractivity contribution >= 4 is 28.5 Å². The number of amides is 2. The molecule has 0 aliphatic carbocycles. The number of hydrogen-bond acceptors (Lipinski definition) is 4. The quantitative estimate of drug-likeness (QED) is 0.640. The van der Waals surface area contributed by atoms with Gasteiger partial charge >= 0.3 is 0 Å². The van der Waals surface area contributed by atoms with Gasteiger partial charge in [-0.05, 0) is 51.1 Å². The van der Waals surface area contributed by atoms with Gasteiger partial charge < -0.3 is 15.1 Å². The minimum atomic E-state index is -0.258. The molecule has 0 bridgehead atoms. The maximum atomic E-state index is 12.4. The predicted molar refractivity (Wildman–Crippen MR) is 115 cm³/mol. The molecule has 0 aliphatic rings. The minimum absolute atomic E-state index is 0.116. The Balaban J connectivity index is 1.51. The van der Waals surface area contributed by atoms with Crippen LogP contribution in [-0.2, 0) is 9.59 Å². The Morgan fingerprint density at radius 1 is 1.00 bits per heavy atom. The van der Waals surface area contributed by atoms with Crippen LogP contribution in [-0.4, -0.2) is 36.9 Å². The van der Waals surface area contributed by atoms with Gasteiger partial charge in [-0.3, -0.25) is 14.5 Å². The topological polar surface area (TPSA) is 74.6 Å². The molecule has 2 aromatic carbocycles. The monoisotopic (exact) mass is 393 g/mol. The minimum Gasteiger partial charge on any atom is -0.459 e. The Morgan fingerprint density at radius 2 is 1.66 bits per heavy atom. The van der Waals surface area contributed by atoms with Crippen LogP contribution in [0.3, 0.4) is 0 Å². The van der Waals surface area contributed by atoms with Gasteiger partial charge in [0.05, 0.1) is 19.1 Å². The molecule has 2 amide bonds. The zero-order valence-corrected chi connectivity index (χ0v) is 17.3. The van der Waals surface area contributed by atoms with E-state index in [0.717, 1.165) is 27.8 Å². The van der Waals surface area contributed by atoms with Gasteiger partial charge in [-0.25, -0.2) is 0 Å². The third-order valence-electron chi connectivity index (χ3n) is 4.82. The van der Waals surface area contributed by atoms with Crippen molar-refractivity contribution in [3.8, 4) is 0 Å². The van der Waals surface area contributed by atoms with Crippen molar-refractivity contribution in [1.29, 1.82) is 0 Å². The van der Waals surface area contributed by atoms with E-state index >= 15 is 0 Å². The third-order valence-corrected chi connectivity index (χ3v) is 4.82. The van der Waals surface area contributed by atoms with E-state index in [1.54, 1.807) is 11.9 Å². The Bertz CT molecular complexity index is 972. The van der Waals surface area contributed by atoms with Crippen molar-refractivity contribution in [2.24, 2.45) is 0 Å². The van der Waals surface area contributed by atoms with Gasteiger partial charge in [0.1, 0.15) is 11.3 Å². The summed E-state index contributed by atoms with van der Waals surface area (Å²) in [6.07, 6.45) is 0. The molecule has 0 unspecified atom stereocenters. The van der Waals surface area contributed by atoms with Crippen LogP contribution in [0.5, 0.6) is 0 Å².